The molecule has 2 N–H and O–H groups in total. The molecule has 1 aliphatic rings. The molecule has 19 heavy (non-hydrogen) atoms. The Morgan fingerprint density at radius 3 is 2.89 bits per heavy atom. The van der Waals surface area contributed by atoms with Crippen molar-refractivity contribution in [1.82, 2.24) is 5.32 Å². The van der Waals surface area contributed by atoms with Crippen LogP contribution < -0.4 is 10.1 Å². The Kier molecular flexibility index (Phi) is 4.80. The van der Waals surface area contributed by atoms with Crippen molar-refractivity contribution in [2.45, 2.75) is 20.0 Å². The van der Waals surface area contributed by atoms with Gasteiger partial charge in [-0.15, -0.1) is 0 Å². The normalized spacial score (nSPS) is 18.7. The molecule has 2 rings (SSSR count). The molecule has 1 saturated heterocycles. The van der Waals surface area contributed by atoms with E-state index in [9.17, 15) is 5.11 Å². The first-order valence-corrected chi connectivity index (χ1v) is 6.73. The predicted octanol–water partition coefficient (Wildman–Crippen LogP) is 1.36. The smallest absolute Gasteiger partial charge is 0.119 e. The van der Waals surface area contributed by atoms with Gasteiger partial charge in [-0.05, 0) is 24.6 Å². The lowest BCUT2D eigenvalue weighted by Gasteiger charge is -2.38. The molecule has 1 fully saturated rings. The Balaban J connectivity index is 1.63. The molecule has 4 nitrogen and oxygen atoms in total. The topological polar surface area (TPSA) is 50.7 Å². The van der Waals surface area contributed by atoms with Gasteiger partial charge in [0.2, 0.25) is 0 Å². The summed E-state index contributed by atoms with van der Waals surface area (Å²) >= 11 is 0. The van der Waals surface area contributed by atoms with E-state index in [1.54, 1.807) is 0 Å². The van der Waals surface area contributed by atoms with Crippen LogP contribution in [0.4, 0.5) is 0 Å². The molecule has 0 saturated carbocycles. The first kappa shape index (κ1) is 14.3. The Morgan fingerprint density at radius 2 is 2.26 bits per heavy atom. The molecule has 4 heteroatoms. The van der Waals surface area contributed by atoms with Gasteiger partial charge in [-0.2, -0.15) is 0 Å². The van der Waals surface area contributed by atoms with Crippen LogP contribution in [-0.2, 0) is 4.74 Å². The third-order valence-corrected chi connectivity index (χ3v) is 3.26. The number of nitrogens with one attached hydrogen (secondary N) is 1. The Bertz CT molecular complexity index is 404. The highest BCUT2D eigenvalue weighted by molar-refractivity contribution is 5.27. The van der Waals surface area contributed by atoms with E-state index in [0.717, 1.165) is 31.1 Å². The highest BCUT2D eigenvalue weighted by atomic mass is 16.5. The van der Waals surface area contributed by atoms with Gasteiger partial charge in [0.05, 0.1) is 13.2 Å². The van der Waals surface area contributed by atoms with Crippen molar-refractivity contribution >= 4 is 0 Å². The summed E-state index contributed by atoms with van der Waals surface area (Å²) in [4.78, 5) is 0. The molecular weight excluding hydrogens is 242 g/mol. The maximum atomic E-state index is 9.85. The highest BCUT2D eigenvalue weighted by Crippen LogP contribution is 2.24. The average Bonchev–Trinajstić information content (AvgIpc) is 2.34. The summed E-state index contributed by atoms with van der Waals surface area (Å²) in [5, 5.41) is 13.1. The Labute approximate surface area is 114 Å². The van der Waals surface area contributed by atoms with Crippen LogP contribution in [-0.4, -0.2) is 44.1 Å². The second-order valence-electron chi connectivity index (χ2n) is 5.72. The van der Waals surface area contributed by atoms with Gasteiger partial charge in [0.1, 0.15) is 18.5 Å². The molecule has 0 spiro atoms. The van der Waals surface area contributed by atoms with Crippen LogP contribution in [0.1, 0.15) is 12.5 Å². The molecule has 0 amide bonds. The number of rotatable bonds is 7. The SMILES string of the molecule is Cc1cccc(OCC(O)CNCC2(C)COC2)c1. The zero-order chi connectivity index (χ0) is 13.7. The number of ether oxygens (including phenoxy) is 2. The largest absolute Gasteiger partial charge is 0.491 e. The van der Waals surface area contributed by atoms with E-state index in [-0.39, 0.29) is 5.41 Å². The average molecular weight is 265 g/mol. The summed E-state index contributed by atoms with van der Waals surface area (Å²) in [5.41, 5.74) is 1.39. The molecular formula is C15H23NO3. The molecule has 1 aliphatic heterocycles. The van der Waals surface area contributed by atoms with Gasteiger partial charge in [-0.25, -0.2) is 0 Å². The molecule has 0 bridgehead atoms. The summed E-state index contributed by atoms with van der Waals surface area (Å²) in [7, 11) is 0. The van der Waals surface area contributed by atoms with E-state index in [2.05, 4.69) is 12.2 Å². The number of hydrogen-bond acceptors (Lipinski definition) is 4. The van der Waals surface area contributed by atoms with Crippen molar-refractivity contribution in [2.75, 3.05) is 32.9 Å². The number of hydrogen-bond donors (Lipinski definition) is 2. The lowest BCUT2D eigenvalue weighted by atomic mass is 9.89. The minimum Gasteiger partial charge on any atom is -0.491 e. The highest BCUT2D eigenvalue weighted by Gasteiger charge is 2.32. The fourth-order valence-electron chi connectivity index (χ4n) is 2.05. The van der Waals surface area contributed by atoms with Crippen LogP contribution in [0.3, 0.4) is 0 Å². The summed E-state index contributed by atoms with van der Waals surface area (Å²) in [6, 6.07) is 7.84. The number of aliphatic hydroxyl groups is 1. The van der Waals surface area contributed by atoms with Crippen molar-refractivity contribution in [3.05, 3.63) is 29.8 Å². The standard InChI is InChI=1S/C15H23NO3/c1-12-4-3-5-14(6-12)19-8-13(17)7-16-9-15(2)10-18-11-15/h3-6,13,16-17H,7-11H2,1-2H3. The second-order valence-corrected chi connectivity index (χ2v) is 5.72. The molecule has 0 aliphatic carbocycles. The van der Waals surface area contributed by atoms with Gasteiger partial charge in [-0.3, -0.25) is 0 Å². The molecule has 106 valence electrons. The minimum atomic E-state index is -0.495. The van der Waals surface area contributed by atoms with E-state index < -0.39 is 6.10 Å². The first-order chi connectivity index (χ1) is 9.07. The lowest BCUT2D eigenvalue weighted by Crippen LogP contribution is -2.48. The maximum absolute atomic E-state index is 9.85. The molecule has 1 atom stereocenters. The summed E-state index contributed by atoms with van der Waals surface area (Å²) in [6.45, 7) is 7.52. The van der Waals surface area contributed by atoms with E-state index in [4.69, 9.17) is 9.47 Å². The van der Waals surface area contributed by atoms with E-state index >= 15 is 0 Å². The third kappa shape index (κ3) is 4.49. The van der Waals surface area contributed by atoms with Crippen molar-refractivity contribution in [3.63, 3.8) is 0 Å². The van der Waals surface area contributed by atoms with Crippen LogP contribution in [0.2, 0.25) is 0 Å². The van der Waals surface area contributed by atoms with Crippen LogP contribution in [0, 0.1) is 12.3 Å². The van der Waals surface area contributed by atoms with E-state index in [1.165, 1.54) is 0 Å². The van der Waals surface area contributed by atoms with Crippen LogP contribution in [0.15, 0.2) is 24.3 Å². The van der Waals surface area contributed by atoms with Crippen molar-refractivity contribution in [1.29, 1.82) is 0 Å². The number of benzene rings is 1. The Morgan fingerprint density at radius 1 is 1.47 bits per heavy atom. The van der Waals surface area contributed by atoms with Crippen LogP contribution in [0.5, 0.6) is 5.75 Å². The number of aliphatic hydroxyl groups excluding tert-OH is 1. The maximum Gasteiger partial charge on any atom is 0.119 e. The van der Waals surface area contributed by atoms with Crippen molar-refractivity contribution in [2.24, 2.45) is 5.41 Å². The van der Waals surface area contributed by atoms with Crippen molar-refractivity contribution < 1.29 is 14.6 Å². The fraction of sp³-hybridized carbons (Fsp3) is 0.600. The third-order valence-electron chi connectivity index (χ3n) is 3.26. The fourth-order valence-corrected chi connectivity index (χ4v) is 2.05. The monoisotopic (exact) mass is 265 g/mol. The zero-order valence-corrected chi connectivity index (χ0v) is 11.7. The molecule has 1 heterocycles. The van der Waals surface area contributed by atoms with Gasteiger partial charge < -0.3 is 19.9 Å². The van der Waals surface area contributed by atoms with Gasteiger partial charge >= 0.3 is 0 Å². The summed E-state index contributed by atoms with van der Waals surface area (Å²) in [6.07, 6.45) is -0.495. The van der Waals surface area contributed by atoms with Crippen LogP contribution >= 0.6 is 0 Å². The van der Waals surface area contributed by atoms with Gasteiger partial charge in [0.15, 0.2) is 0 Å². The molecule has 0 aromatic heterocycles. The Hall–Kier alpha value is -1.10. The lowest BCUT2D eigenvalue weighted by molar-refractivity contribution is -0.0997. The minimum absolute atomic E-state index is 0.233. The quantitative estimate of drug-likeness (QED) is 0.781. The molecule has 1 unspecified atom stereocenters. The van der Waals surface area contributed by atoms with Crippen molar-refractivity contribution in [3.8, 4) is 5.75 Å². The van der Waals surface area contributed by atoms with Crippen LogP contribution in [0.25, 0.3) is 0 Å². The summed E-state index contributed by atoms with van der Waals surface area (Å²) < 4.78 is 10.7. The van der Waals surface area contributed by atoms with E-state index in [1.807, 2.05) is 31.2 Å². The van der Waals surface area contributed by atoms with E-state index in [0.29, 0.717) is 13.2 Å². The zero-order valence-electron chi connectivity index (χ0n) is 11.7. The van der Waals surface area contributed by atoms with Gasteiger partial charge in [-0.1, -0.05) is 19.1 Å². The molecule has 0 radical (unpaired) electrons. The van der Waals surface area contributed by atoms with Gasteiger partial charge in [0.25, 0.3) is 0 Å². The summed E-state index contributed by atoms with van der Waals surface area (Å²) in [5.74, 6) is 0.804. The number of aryl methyl sites for hydroxylation is 1. The molecule has 1 aromatic carbocycles. The predicted molar refractivity (Wildman–Crippen MR) is 74.5 cm³/mol. The second kappa shape index (κ2) is 6.37. The first-order valence-electron chi connectivity index (χ1n) is 6.73. The molecule has 1 aromatic rings. The van der Waals surface area contributed by atoms with Gasteiger partial charge in [0, 0.05) is 18.5 Å².